The Balaban J connectivity index is 1.93. The predicted molar refractivity (Wildman–Crippen MR) is 110 cm³/mol. The lowest BCUT2D eigenvalue weighted by atomic mass is 9.68. The van der Waals surface area contributed by atoms with E-state index in [1.807, 2.05) is 36.1 Å². The number of para-hydroxylation sites is 1. The van der Waals surface area contributed by atoms with Gasteiger partial charge in [0.05, 0.1) is 19.8 Å². The summed E-state index contributed by atoms with van der Waals surface area (Å²) < 4.78 is 19.3. The summed E-state index contributed by atoms with van der Waals surface area (Å²) in [5.41, 5.74) is 2.96. The number of hydrogen-bond donors (Lipinski definition) is 0. The predicted octanol–water partition coefficient (Wildman–Crippen LogP) is 2.53. The van der Waals surface area contributed by atoms with Crippen molar-refractivity contribution in [3.63, 3.8) is 0 Å². The number of nitrogens with zero attached hydrogens (tertiary/aromatic N) is 2. The van der Waals surface area contributed by atoms with E-state index in [9.17, 15) is 9.59 Å². The van der Waals surface area contributed by atoms with E-state index in [0.717, 1.165) is 35.0 Å². The first-order chi connectivity index (χ1) is 14.6. The number of fused-ring (bicyclic) bond motifs is 5. The molecule has 1 aromatic carbocycles. The SMILES string of the molecule is C/C=C1\CO[C@@H](OC)[C@]2(C(=O)OC)[C@H]1C[C@H]1c3c(c4ccccc4n32)CCN1C=O. The van der Waals surface area contributed by atoms with E-state index in [-0.39, 0.29) is 17.9 Å². The number of amides is 1. The van der Waals surface area contributed by atoms with Gasteiger partial charge in [0.2, 0.25) is 11.9 Å². The quantitative estimate of drug-likeness (QED) is 0.442. The summed E-state index contributed by atoms with van der Waals surface area (Å²) in [6.07, 6.45) is 3.52. The van der Waals surface area contributed by atoms with Gasteiger partial charge in [0.15, 0.2) is 6.29 Å². The van der Waals surface area contributed by atoms with E-state index in [1.54, 1.807) is 7.11 Å². The van der Waals surface area contributed by atoms with Crippen molar-refractivity contribution in [2.24, 2.45) is 5.92 Å². The number of hydrogen-bond acceptors (Lipinski definition) is 5. The Bertz CT molecular complexity index is 1060. The number of carbonyl (C=O) groups excluding carboxylic acids is 2. The summed E-state index contributed by atoms with van der Waals surface area (Å²) >= 11 is 0. The normalized spacial score (nSPS) is 31.4. The molecule has 0 bridgehead atoms. The maximum Gasteiger partial charge on any atom is 0.338 e. The molecule has 0 radical (unpaired) electrons. The van der Waals surface area contributed by atoms with Gasteiger partial charge in [0.25, 0.3) is 0 Å². The summed E-state index contributed by atoms with van der Waals surface area (Å²) in [6.45, 7) is 3.01. The second-order valence-corrected chi connectivity index (χ2v) is 8.17. The summed E-state index contributed by atoms with van der Waals surface area (Å²) in [5.74, 6) is -0.598. The van der Waals surface area contributed by atoms with Crippen LogP contribution in [-0.2, 0) is 35.8 Å². The van der Waals surface area contributed by atoms with Crippen molar-refractivity contribution in [2.45, 2.75) is 37.6 Å². The first kappa shape index (κ1) is 19.3. The van der Waals surface area contributed by atoms with Crippen molar-refractivity contribution in [1.29, 1.82) is 0 Å². The van der Waals surface area contributed by atoms with Gasteiger partial charge in [-0.3, -0.25) is 4.79 Å². The molecule has 1 aromatic heterocycles. The molecule has 0 saturated carbocycles. The standard InChI is InChI=1S/C23H26N2O5/c1-4-14-12-30-22(29-3)23(21(27)28-2)17(14)11-19-20-16(9-10-24(19)13-26)15-7-5-6-8-18(15)25(20)23/h4-8,13,17,19,22H,9-12H2,1-3H3/b14-4+/t17-,19-,22+,23+/m0/s1. The molecule has 4 heterocycles. The average molecular weight is 410 g/mol. The highest BCUT2D eigenvalue weighted by Gasteiger charge is 2.64. The molecule has 0 unspecified atom stereocenters. The third-order valence-electron chi connectivity index (χ3n) is 7.16. The van der Waals surface area contributed by atoms with Crippen LogP contribution in [0.25, 0.3) is 10.9 Å². The Morgan fingerprint density at radius 1 is 1.30 bits per heavy atom. The van der Waals surface area contributed by atoms with Crippen LogP contribution in [0.1, 0.15) is 30.6 Å². The number of ether oxygens (including phenoxy) is 3. The highest BCUT2D eigenvalue weighted by Crippen LogP contribution is 2.56. The highest BCUT2D eigenvalue weighted by atomic mass is 16.7. The van der Waals surface area contributed by atoms with Gasteiger partial charge in [0.1, 0.15) is 0 Å². The molecule has 0 spiro atoms. The van der Waals surface area contributed by atoms with Crippen molar-refractivity contribution >= 4 is 23.3 Å². The molecule has 7 heteroatoms. The average Bonchev–Trinajstić information content (AvgIpc) is 3.14. The van der Waals surface area contributed by atoms with Gasteiger partial charge >= 0.3 is 5.97 Å². The van der Waals surface area contributed by atoms with Crippen molar-refractivity contribution in [2.75, 3.05) is 27.4 Å². The van der Waals surface area contributed by atoms with Crippen LogP contribution in [0.2, 0.25) is 0 Å². The summed E-state index contributed by atoms with van der Waals surface area (Å²) in [6, 6.07) is 8.00. The van der Waals surface area contributed by atoms with Gasteiger partial charge in [-0.05, 0) is 37.0 Å². The van der Waals surface area contributed by atoms with Crippen LogP contribution in [-0.4, -0.2) is 55.5 Å². The molecule has 158 valence electrons. The van der Waals surface area contributed by atoms with Gasteiger partial charge in [-0.2, -0.15) is 0 Å². The Morgan fingerprint density at radius 2 is 2.10 bits per heavy atom. The Labute approximate surface area is 175 Å². The number of benzene rings is 1. The summed E-state index contributed by atoms with van der Waals surface area (Å²) in [7, 11) is 2.97. The zero-order valence-corrected chi connectivity index (χ0v) is 17.5. The number of aromatic nitrogens is 1. The van der Waals surface area contributed by atoms with Crippen LogP contribution in [0.4, 0.5) is 0 Å². The lowest BCUT2D eigenvalue weighted by Gasteiger charge is -2.54. The zero-order valence-electron chi connectivity index (χ0n) is 17.5. The lowest BCUT2D eigenvalue weighted by molar-refractivity contribution is -0.230. The number of esters is 1. The minimum absolute atomic E-state index is 0.105. The Kier molecular flexibility index (Phi) is 4.48. The fraction of sp³-hybridized carbons (Fsp3) is 0.478. The van der Waals surface area contributed by atoms with Crippen LogP contribution in [0.3, 0.4) is 0 Å². The van der Waals surface area contributed by atoms with E-state index in [2.05, 4.69) is 10.6 Å². The molecule has 3 aliphatic heterocycles. The minimum atomic E-state index is -1.20. The van der Waals surface area contributed by atoms with Crippen molar-refractivity contribution < 1.29 is 23.8 Å². The number of carbonyl (C=O) groups is 2. The molecule has 1 saturated heterocycles. The second-order valence-electron chi connectivity index (χ2n) is 8.17. The third-order valence-corrected chi connectivity index (χ3v) is 7.16. The molecule has 3 aliphatic rings. The number of allylic oxidation sites excluding steroid dienone is 1. The molecule has 0 aliphatic carbocycles. The second kappa shape index (κ2) is 6.96. The van der Waals surface area contributed by atoms with Crippen LogP contribution >= 0.6 is 0 Å². The fourth-order valence-electron chi connectivity index (χ4n) is 5.95. The van der Waals surface area contributed by atoms with Crippen molar-refractivity contribution in [3.8, 4) is 0 Å². The zero-order chi connectivity index (χ0) is 21.0. The van der Waals surface area contributed by atoms with E-state index in [0.29, 0.717) is 19.6 Å². The Morgan fingerprint density at radius 3 is 2.80 bits per heavy atom. The fourth-order valence-corrected chi connectivity index (χ4v) is 5.95. The monoisotopic (exact) mass is 410 g/mol. The topological polar surface area (TPSA) is 70.0 Å². The Hall–Kier alpha value is -2.64. The van der Waals surface area contributed by atoms with Gasteiger partial charge in [-0.15, -0.1) is 0 Å². The third kappa shape index (κ3) is 2.22. The maximum absolute atomic E-state index is 13.6. The van der Waals surface area contributed by atoms with Crippen molar-refractivity contribution in [1.82, 2.24) is 9.47 Å². The first-order valence-corrected chi connectivity index (χ1v) is 10.3. The van der Waals surface area contributed by atoms with Crippen LogP contribution in [0, 0.1) is 5.92 Å². The molecule has 2 aromatic rings. The van der Waals surface area contributed by atoms with Crippen LogP contribution in [0.15, 0.2) is 35.9 Å². The molecule has 5 rings (SSSR count). The van der Waals surface area contributed by atoms with Gasteiger partial charge in [-0.25, -0.2) is 4.79 Å². The first-order valence-electron chi connectivity index (χ1n) is 10.3. The van der Waals surface area contributed by atoms with Gasteiger partial charge < -0.3 is 23.7 Å². The van der Waals surface area contributed by atoms with E-state index >= 15 is 0 Å². The molecule has 7 nitrogen and oxygen atoms in total. The maximum atomic E-state index is 13.6. The number of methoxy groups -OCH3 is 2. The van der Waals surface area contributed by atoms with E-state index in [1.165, 1.54) is 12.7 Å². The molecular formula is C23H26N2O5. The van der Waals surface area contributed by atoms with Gasteiger partial charge in [0, 0.05) is 36.2 Å². The molecule has 4 atom stereocenters. The van der Waals surface area contributed by atoms with Crippen molar-refractivity contribution in [3.05, 3.63) is 47.2 Å². The molecule has 1 fully saturated rings. The molecule has 0 N–H and O–H groups in total. The molecule has 30 heavy (non-hydrogen) atoms. The highest BCUT2D eigenvalue weighted by molar-refractivity contribution is 5.91. The smallest absolute Gasteiger partial charge is 0.338 e. The van der Waals surface area contributed by atoms with E-state index in [4.69, 9.17) is 14.2 Å². The van der Waals surface area contributed by atoms with Crippen LogP contribution < -0.4 is 0 Å². The summed E-state index contributed by atoms with van der Waals surface area (Å²) in [5, 5.41) is 1.11. The molecule has 1 amide bonds. The largest absolute Gasteiger partial charge is 0.467 e. The lowest BCUT2D eigenvalue weighted by Crippen LogP contribution is -2.65. The number of rotatable bonds is 3. The summed E-state index contributed by atoms with van der Waals surface area (Å²) in [4.78, 5) is 27.4. The van der Waals surface area contributed by atoms with Gasteiger partial charge in [-0.1, -0.05) is 24.3 Å². The van der Waals surface area contributed by atoms with Crippen LogP contribution in [0.5, 0.6) is 0 Å². The van der Waals surface area contributed by atoms with E-state index < -0.39 is 11.8 Å². The molecular weight excluding hydrogens is 384 g/mol. The minimum Gasteiger partial charge on any atom is -0.467 e.